The summed E-state index contributed by atoms with van der Waals surface area (Å²) in [6.07, 6.45) is 0.769. The van der Waals surface area contributed by atoms with E-state index in [1.807, 2.05) is 26.0 Å². The quantitative estimate of drug-likeness (QED) is 0.700. The average molecular weight is 210 g/mol. The van der Waals surface area contributed by atoms with Crippen molar-refractivity contribution in [3.8, 4) is 0 Å². The third kappa shape index (κ3) is 1.50. The Bertz CT molecular complexity index is 398. The molecule has 2 nitrogen and oxygen atoms in total. The molecule has 1 amide bonds. The molecule has 0 fully saturated rings. The highest BCUT2D eigenvalue weighted by Crippen LogP contribution is 2.34. The fraction of sp³-hybridized carbons (Fsp3) is 0.364. The first-order valence-corrected chi connectivity index (χ1v) is 4.97. The Kier molecular flexibility index (Phi) is 2.04. The van der Waals surface area contributed by atoms with Gasteiger partial charge in [-0.3, -0.25) is 4.79 Å². The zero-order chi connectivity index (χ0) is 10.3. The van der Waals surface area contributed by atoms with Gasteiger partial charge in [-0.1, -0.05) is 31.5 Å². The molecule has 1 aliphatic rings. The summed E-state index contributed by atoms with van der Waals surface area (Å²) >= 11 is 5.84. The minimum atomic E-state index is -0.319. The Hall–Kier alpha value is -1.02. The van der Waals surface area contributed by atoms with E-state index in [1.54, 1.807) is 6.07 Å². The summed E-state index contributed by atoms with van der Waals surface area (Å²) < 4.78 is 0. The van der Waals surface area contributed by atoms with Crippen LogP contribution >= 0.6 is 11.6 Å². The standard InChI is InChI=1S/C11H12ClNO/c1-11(2)6-7-3-4-8(12)5-9(7)13-10(11)14/h3-5H,6H2,1-2H3,(H,13,14). The van der Waals surface area contributed by atoms with Crippen LogP contribution in [0.1, 0.15) is 19.4 Å². The van der Waals surface area contributed by atoms with Crippen LogP contribution in [0.4, 0.5) is 5.69 Å². The molecule has 0 atom stereocenters. The van der Waals surface area contributed by atoms with Crippen molar-refractivity contribution >= 4 is 23.2 Å². The highest BCUT2D eigenvalue weighted by atomic mass is 35.5. The van der Waals surface area contributed by atoms with Crippen molar-refractivity contribution in [2.75, 3.05) is 5.32 Å². The normalized spacial score (nSPS) is 18.6. The monoisotopic (exact) mass is 209 g/mol. The number of fused-ring (bicyclic) bond motifs is 1. The van der Waals surface area contributed by atoms with E-state index in [0.29, 0.717) is 5.02 Å². The Labute approximate surface area is 88.3 Å². The third-order valence-electron chi connectivity index (χ3n) is 2.57. The lowest BCUT2D eigenvalue weighted by atomic mass is 9.81. The van der Waals surface area contributed by atoms with Gasteiger partial charge < -0.3 is 5.32 Å². The largest absolute Gasteiger partial charge is 0.325 e. The first-order valence-electron chi connectivity index (χ1n) is 4.59. The summed E-state index contributed by atoms with van der Waals surface area (Å²) in [5.74, 6) is 0.0623. The molecule has 1 heterocycles. The number of carbonyl (C=O) groups is 1. The number of hydrogen-bond acceptors (Lipinski definition) is 1. The highest BCUT2D eigenvalue weighted by molar-refractivity contribution is 6.31. The number of hydrogen-bond donors (Lipinski definition) is 1. The van der Waals surface area contributed by atoms with Gasteiger partial charge in [-0.15, -0.1) is 0 Å². The molecule has 1 N–H and O–H groups in total. The molecule has 1 aromatic rings. The molecule has 3 heteroatoms. The van der Waals surface area contributed by atoms with Gasteiger partial charge in [0.25, 0.3) is 0 Å². The summed E-state index contributed by atoms with van der Waals surface area (Å²) in [7, 11) is 0. The van der Waals surface area contributed by atoms with Gasteiger partial charge in [0, 0.05) is 16.1 Å². The van der Waals surface area contributed by atoms with Gasteiger partial charge in [-0.05, 0) is 24.1 Å². The number of rotatable bonds is 0. The van der Waals surface area contributed by atoms with Crippen molar-refractivity contribution in [2.45, 2.75) is 20.3 Å². The lowest BCUT2D eigenvalue weighted by molar-refractivity contribution is -0.124. The summed E-state index contributed by atoms with van der Waals surface area (Å²) in [6.45, 7) is 3.89. The van der Waals surface area contributed by atoms with Crippen LogP contribution < -0.4 is 5.32 Å². The van der Waals surface area contributed by atoms with Crippen LogP contribution in [-0.4, -0.2) is 5.91 Å². The molecule has 0 spiro atoms. The summed E-state index contributed by atoms with van der Waals surface area (Å²) in [4.78, 5) is 11.6. The minimum absolute atomic E-state index is 0.0623. The van der Waals surface area contributed by atoms with Gasteiger partial charge in [0.2, 0.25) is 5.91 Å². The number of nitrogens with one attached hydrogen (secondary N) is 1. The van der Waals surface area contributed by atoms with Gasteiger partial charge in [0.1, 0.15) is 0 Å². The topological polar surface area (TPSA) is 29.1 Å². The van der Waals surface area contributed by atoms with Crippen LogP contribution in [0.25, 0.3) is 0 Å². The fourth-order valence-electron chi connectivity index (χ4n) is 1.67. The van der Waals surface area contributed by atoms with Crippen LogP contribution in [0.2, 0.25) is 5.02 Å². The van der Waals surface area contributed by atoms with Crippen LogP contribution in [0.15, 0.2) is 18.2 Å². The Morgan fingerprint density at radius 3 is 2.86 bits per heavy atom. The maximum absolute atomic E-state index is 11.6. The fourth-order valence-corrected chi connectivity index (χ4v) is 1.84. The van der Waals surface area contributed by atoms with E-state index in [9.17, 15) is 4.79 Å². The van der Waals surface area contributed by atoms with Crippen molar-refractivity contribution in [3.63, 3.8) is 0 Å². The molecule has 0 radical (unpaired) electrons. The Balaban J connectivity index is 2.46. The first kappa shape index (κ1) is 9.53. The van der Waals surface area contributed by atoms with Gasteiger partial charge in [-0.25, -0.2) is 0 Å². The molecule has 0 saturated heterocycles. The van der Waals surface area contributed by atoms with E-state index in [1.165, 1.54) is 0 Å². The highest BCUT2D eigenvalue weighted by Gasteiger charge is 2.33. The van der Waals surface area contributed by atoms with Crippen molar-refractivity contribution < 1.29 is 4.79 Å². The second kappa shape index (κ2) is 2.99. The van der Waals surface area contributed by atoms with Crippen LogP contribution in [0.3, 0.4) is 0 Å². The first-order chi connectivity index (χ1) is 6.49. The summed E-state index contributed by atoms with van der Waals surface area (Å²) in [5.41, 5.74) is 1.68. The van der Waals surface area contributed by atoms with Crippen molar-refractivity contribution in [2.24, 2.45) is 5.41 Å². The number of benzene rings is 1. The molecule has 1 aliphatic heterocycles. The summed E-state index contributed by atoms with van der Waals surface area (Å²) in [5, 5.41) is 3.52. The molecule has 14 heavy (non-hydrogen) atoms. The van der Waals surface area contributed by atoms with E-state index >= 15 is 0 Å². The SMILES string of the molecule is CC1(C)Cc2ccc(Cl)cc2NC1=O. The lowest BCUT2D eigenvalue weighted by Crippen LogP contribution is -2.36. The maximum atomic E-state index is 11.6. The third-order valence-corrected chi connectivity index (χ3v) is 2.80. The van der Waals surface area contributed by atoms with E-state index in [-0.39, 0.29) is 11.3 Å². The van der Waals surface area contributed by atoms with Crippen LogP contribution in [-0.2, 0) is 11.2 Å². The van der Waals surface area contributed by atoms with Crippen molar-refractivity contribution in [1.82, 2.24) is 0 Å². The van der Waals surface area contributed by atoms with Gasteiger partial charge in [-0.2, -0.15) is 0 Å². The number of anilines is 1. The molecule has 0 bridgehead atoms. The Morgan fingerprint density at radius 2 is 2.14 bits per heavy atom. The van der Waals surface area contributed by atoms with Crippen LogP contribution in [0, 0.1) is 5.41 Å². The second-order valence-corrected chi connectivity index (χ2v) is 4.75. The molecule has 2 rings (SSSR count). The molecule has 0 unspecified atom stereocenters. The molecule has 74 valence electrons. The molecule has 0 saturated carbocycles. The van der Waals surface area contributed by atoms with Gasteiger partial charge in [0.15, 0.2) is 0 Å². The molecule has 0 aliphatic carbocycles. The number of carbonyl (C=O) groups excluding carboxylic acids is 1. The number of halogens is 1. The van der Waals surface area contributed by atoms with E-state index in [2.05, 4.69) is 5.32 Å². The Morgan fingerprint density at radius 1 is 1.43 bits per heavy atom. The minimum Gasteiger partial charge on any atom is -0.325 e. The lowest BCUT2D eigenvalue weighted by Gasteiger charge is -2.30. The second-order valence-electron chi connectivity index (χ2n) is 4.32. The predicted octanol–water partition coefficient (Wildman–Crippen LogP) is 2.86. The molecule has 0 aromatic heterocycles. The molecular formula is C11H12ClNO. The summed E-state index contributed by atoms with van der Waals surface area (Å²) in [6, 6.07) is 5.62. The number of amides is 1. The smallest absolute Gasteiger partial charge is 0.230 e. The predicted molar refractivity (Wildman–Crippen MR) is 57.6 cm³/mol. The van der Waals surface area contributed by atoms with E-state index in [4.69, 9.17) is 11.6 Å². The zero-order valence-corrected chi connectivity index (χ0v) is 8.98. The molecule has 1 aromatic carbocycles. The van der Waals surface area contributed by atoms with Crippen molar-refractivity contribution in [3.05, 3.63) is 28.8 Å². The van der Waals surface area contributed by atoms with Crippen molar-refractivity contribution in [1.29, 1.82) is 0 Å². The average Bonchev–Trinajstić information content (AvgIpc) is 2.08. The van der Waals surface area contributed by atoms with Crippen LogP contribution in [0.5, 0.6) is 0 Å². The van der Waals surface area contributed by atoms with Gasteiger partial charge >= 0.3 is 0 Å². The van der Waals surface area contributed by atoms with E-state index < -0.39 is 0 Å². The molecular weight excluding hydrogens is 198 g/mol. The zero-order valence-electron chi connectivity index (χ0n) is 8.23. The van der Waals surface area contributed by atoms with E-state index in [0.717, 1.165) is 17.7 Å². The maximum Gasteiger partial charge on any atom is 0.230 e. The van der Waals surface area contributed by atoms with Gasteiger partial charge in [0.05, 0.1) is 0 Å².